The highest BCUT2D eigenvalue weighted by Crippen LogP contribution is 2.34. The van der Waals surface area contributed by atoms with Gasteiger partial charge in [0.25, 0.3) is 0 Å². The van der Waals surface area contributed by atoms with Crippen LogP contribution in [0.4, 0.5) is 5.82 Å². The molecule has 3 nitrogen and oxygen atoms in total. The first-order chi connectivity index (χ1) is 8.04. The van der Waals surface area contributed by atoms with E-state index in [2.05, 4.69) is 36.7 Å². The summed E-state index contributed by atoms with van der Waals surface area (Å²) in [6.07, 6.45) is 5.40. The zero-order valence-corrected chi connectivity index (χ0v) is 11.2. The predicted molar refractivity (Wildman–Crippen MR) is 72.4 cm³/mol. The maximum absolute atomic E-state index is 5.58. The molecule has 0 amide bonds. The average molecular weight is 233 g/mol. The molecule has 1 saturated heterocycles. The first-order valence-electron chi connectivity index (χ1n) is 6.48. The molecule has 1 fully saturated rings. The van der Waals surface area contributed by atoms with Gasteiger partial charge in [-0.2, -0.15) is 0 Å². The van der Waals surface area contributed by atoms with Crippen LogP contribution < -0.4 is 10.6 Å². The molecule has 0 aromatic carbocycles. The van der Waals surface area contributed by atoms with Gasteiger partial charge in [-0.05, 0) is 57.7 Å². The smallest absolute Gasteiger partial charge is 0.131 e. The van der Waals surface area contributed by atoms with Crippen LogP contribution in [0, 0.1) is 6.92 Å². The van der Waals surface area contributed by atoms with Gasteiger partial charge in [-0.25, -0.2) is 4.98 Å². The summed E-state index contributed by atoms with van der Waals surface area (Å²) in [5, 5.41) is 0. The van der Waals surface area contributed by atoms with Crippen molar-refractivity contribution in [3.05, 3.63) is 23.4 Å². The second-order valence-corrected chi connectivity index (χ2v) is 5.59. The SMILES string of the molecule is Cc1cc(CCN)cnc1N1CCCC1(C)C. The molecule has 94 valence electrons. The number of hydrogen-bond acceptors (Lipinski definition) is 3. The van der Waals surface area contributed by atoms with Crippen LogP contribution in [0.2, 0.25) is 0 Å². The normalized spacial score (nSPS) is 18.7. The van der Waals surface area contributed by atoms with E-state index in [1.165, 1.54) is 24.0 Å². The molecule has 1 aromatic heterocycles. The highest BCUT2D eigenvalue weighted by molar-refractivity contribution is 5.50. The Morgan fingerprint density at radius 3 is 2.76 bits per heavy atom. The van der Waals surface area contributed by atoms with Crippen molar-refractivity contribution in [1.29, 1.82) is 0 Å². The maximum atomic E-state index is 5.58. The zero-order valence-electron chi connectivity index (χ0n) is 11.2. The van der Waals surface area contributed by atoms with E-state index in [0.717, 1.165) is 18.8 Å². The van der Waals surface area contributed by atoms with Crippen molar-refractivity contribution in [3.63, 3.8) is 0 Å². The molecule has 0 atom stereocenters. The molecule has 0 unspecified atom stereocenters. The van der Waals surface area contributed by atoms with Crippen LogP contribution in [0.25, 0.3) is 0 Å². The van der Waals surface area contributed by atoms with Crippen LogP contribution in [0.5, 0.6) is 0 Å². The lowest BCUT2D eigenvalue weighted by Gasteiger charge is -2.33. The van der Waals surface area contributed by atoms with Crippen LogP contribution in [-0.2, 0) is 6.42 Å². The number of aryl methyl sites for hydroxylation is 1. The standard InChI is InChI=1S/C14H23N3/c1-11-9-12(5-7-15)10-16-13(11)17-8-4-6-14(17,2)3/h9-10H,4-8,15H2,1-3H3. The highest BCUT2D eigenvalue weighted by atomic mass is 15.3. The molecular formula is C14H23N3. The second-order valence-electron chi connectivity index (χ2n) is 5.59. The molecule has 0 saturated carbocycles. The van der Waals surface area contributed by atoms with E-state index in [-0.39, 0.29) is 5.54 Å². The van der Waals surface area contributed by atoms with E-state index >= 15 is 0 Å². The lowest BCUT2D eigenvalue weighted by Crippen LogP contribution is -2.39. The Hall–Kier alpha value is -1.09. The van der Waals surface area contributed by atoms with Gasteiger partial charge in [0.05, 0.1) is 0 Å². The number of pyridine rings is 1. The predicted octanol–water partition coefficient (Wildman–Crippen LogP) is 2.27. The summed E-state index contributed by atoms with van der Waals surface area (Å²) in [6.45, 7) is 8.56. The molecule has 2 N–H and O–H groups in total. The fourth-order valence-electron chi connectivity index (χ4n) is 2.71. The number of nitrogens with zero attached hydrogens (tertiary/aromatic N) is 2. The number of nitrogens with two attached hydrogens (primary N) is 1. The molecular weight excluding hydrogens is 210 g/mol. The average Bonchev–Trinajstić information content (AvgIpc) is 2.59. The maximum Gasteiger partial charge on any atom is 0.131 e. The summed E-state index contributed by atoms with van der Waals surface area (Å²) in [6, 6.07) is 2.23. The summed E-state index contributed by atoms with van der Waals surface area (Å²) in [5.74, 6) is 1.15. The Labute approximate surface area is 104 Å². The minimum atomic E-state index is 0.243. The van der Waals surface area contributed by atoms with Crippen LogP contribution in [0.3, 0.4) is 0 Å². The zero-order chi connectivity index (χ0) is 12.5. The molecule has 1 aliphatic heterocycles. The van der Waals surface area contributed by atoms with Crippen molar-refractivity contribution in [3.8, 4) is 0 Å². The Balaban J connectivity index is 2.27. The summed E-state index contributed by atoms with van der Waals surface area (Å²) >= 11 is 0. The molecule has 1 aromatic rings. The molecule has 1 aliphatic rings. The van der Waals surface area contributed by atoms with E-state index in [1.54, 1.807) is 0 Å². The molecule has 2 heterocycles. The van der Waals surface area contributed by atoms with Crippen molar-refractivity contribution in [2.24, 2.45) is 5.73 Å². The molecule has 0 bridgehead atoms. The molecule has 2 rings (SSSR count). The van der Waals surface area contributed by atoms with Gasteiger partial charge in [-0.3, -0.25) is 0 Å². The first kappa shape index (κ1) is 12.4. The van der Waals surface area contributed by atoms with E-state index in [1.807, 2.05) is 6.20 Å². The fourth-order valence-corrected chi connectivity index (χ4v) is 2.71. The van der Waals surface area contributed by atoms with Crippen LogP contribution in [0.15, 0.2) is 12.3 Å². The third-order valence-electron chi connectivity index (χ3n) is 3.70. The lowest BCUT2D eigenvalue weighted by atomic mass is 10.0. The molecule has 0 radical (unpaired) electrons. The topological polar surface area (TPSA) is 42.1 Å². The summed E-state index contributed by atoms with van der Waals surface area (Å²) in [5.41, 5.74) is 8.33. The number of rotatable bonds is 3. The highest BCUT2D eigenvalue weighted by Gasteiger charge is 2.33. The minimum Gasteiger partial charge on any atom is -0.351 e. The monoisotopic (exact) mass is 233 g/mol. The molecule has 17 heavy (non-hydrogen) atoms. The van der Waals surface area contributed by atoms with Gasteiger partial charge >= 0.3 is 0 Å². The van der Waals surface area contributed by atoms with Gasteiger partial charge in [0, 0.05) is 18.3 Å². The number of aromatic nitrogens is 1. The number of hydrogen-bond donors (Lipinski definition) is 1. The third kappa shape index (κ3) is 2.44. The van der Waals surface area contributed by atoms with Gasteiger partial charge in [0.1, 0.15) is 5.82 Å². The van der Waals surface area contributed by atoms with E-state index in [0.29, 0.717) is 6.54 Å². The van der Waals surface area contributed by atoms with Crippen LogP contribution in [-0.4, -0.2) is 23.6 Å². The summed E-state index contributed by atoms with van der Waals surface area (Å²) in [4.78, 5) is 7.08. The van der Waals surface area contributed by atoms with Crippen molar-refractivity contribution in [1.82, 2.24) is 4.98 Å². The van der Waals surface area contributed by atoms with Crippen molar-refractivity contribution < 1.29 is 0 Å². The summed E-state index contributed by atoms with van der Waals surface area (Å²) in [7, 11) is 0. The second kappa shape index (κ2) is 4.65. The third-order valence-corrected chi connectivity index (χ3v) is 3.70. The number of anilines is 1. The minimum absolute atomic E-state index is 0.243. The van der Waals surface area contributed by atoms with Gasteiger partial charge in [0.15, 0.2) is 0 Å². The summed E-state index contributed by atoms with van der Waals surface area (Å²) < 4.78 is 0. The van der Waals surface area contributed by atoms with E-state index < -0.39 is 0 Å². The van der Waals surface area contributed by atoms with Crippen molar-refractivity contribution in [2.75, 3.05) is 18.0 Å². The van der Waals surface area contributed by atoms with Crippen molar-refractivity contribution >= 4 is 5.82 Å². The van der Waals surface area contributed by atoms with Gasteiger partial charge in [0.2, 0.25) is 0 Å². The Morgan fingerprint density at radius 2 is 2.24 bits per heavy atom. The Kier molecular flexibility index (Phi) is 3.38. The van der Waals surface area contributed by atoms with Crippen LogP contribution >= 0.6 is 0 Å². The Morgan fingerprint density at radius 1 is 1.47 bits per heavy atom. The molecule has 0 aliphatic carbocycles. The lowest BCUT2D eigenvalue weighted by molar-refractivity contribution is 0.513. The molecule has 0 spiro atoms. The van der Waals surface area contributed by atoms with E-state index in [9.17, 15) is 0 Å². The quantitative estimate of drug-likeness (QED) is 0.871. The fraction of sp³-hybridized carbons (Fsp3) is 0.643. The van der Waals surface area contributed by atoms with Crippen LogP contribution in [0.1, 0.15) is 37.8 Å². The van der Waals surface area contributed by atoms with Gasteiger partial charge < -0.3 is 10.6 Å². The molecule has 3 heteroatoms. The largest absolute Gasteiger partial charge is 0.351 e. The van der Waals surface area contributed by atoms with E-state index in [4.69, 9.17) is 5.73 Å². The van der Waals surface area contributed by atoms with Crippen molar-refractivity contribution in [2.45, 2.75) is 45.6 Å². The first-order valence-corrected chi connectivity index (χ1v) is 6.48. The Bertz CT molecular complexity index is 398. The van der Waals surface area contributed by atoms with Gasteiger partial charge in [-0.15, -0.1) is 0 Å². The van der Waals surface area contributed by atoms with Gasteiger partial charge in [-0.1, -0.05) is 6.07 Å².